The van der Waals surface area contributed by atoms with E-state index in [1.165, 1.54) is 5.56 Å². The number of nitrogens with one attached hydrogen (secondary N) is 1. The standard InChI is InChI=1S/C23H30N2O2.ClH/c1-18(15-20-11-6-7-13-22(20)27-2)25(17-19-9-4-3-5-10-19)23(26)21-12-8-14-24-16-21;/h3-7,9-11,13,18,21,24H,8,12,14-17H2,1-2H3;1H. The summed E-state index contributed by atoms with van der Waals surface area (Å²) in [5.41, 5.74) is 2.31. The van der Waals surface area contributed by atoms with Crippen molar-refractivity contribution in [3.05, 3.63) is 65.7 Å². The second-order valence-corrected chi connectivity index (χ2v) is 7.36. The number of para-hydroxylation sites is 1. The van der Waals surface area contributed by atoms with Crippen LogP contribution in [0, 0.1) is 5.92 Å². The van der Waals surface area contributed by atoms with Gasteiger partial charge in [-0.3, -0.25) is 4.79 Å². The molecule has 152 valence electrons. The molecule has 1 saturated heterocycles. The van der Waals surface area contributed by atoms with E-state index >= 15 is 0 Å². The molecule has 2 aromatic rings. The predicted octanol–water partition coefficient (Wildman–Crippen LogP) is 4.08. The van der Waals surface area contributed by atoms with Crippen molar-refractivity contribution in [3.8, 4) is 5.75 Å². The smallest absolute Gasteiger partial charge is 0.227 e. The summed E-state index contributed by atoms with van der Waals surface area (Å²) >= 11 is 0. The number of rotatable bonds is 7. The third-order valence-corrected chi connectivity index (χ3v) is 5.36. The number of benzene rings is 2. The van der Waals surface area contributed by atoms with Gasteiger partial charge in [-0.25, -0.2) is 0 Å². The quantitative estimate of drug-likeness (QED) is 0.758. The Bertz CT molecular complexity index is 732. The van der Waals surface area contributed by atoms with Crippen molar-refractivity contribution in [3.63, 3.8) is 0 Å². The second kappa shape index (κ2) is 11.1. The highest BCUT2D eigenvalue weighted by Crippen LogP contribution is 2.24. The van der Waals surface area contributed by atoms with Gasteiger partial charge in [0.15, 0.2) is 0 Å². The molecular weight excluding hydrogens is 372 g/mol. The number of hydrogen-bond acceptors (Lipinski definition) is 3. The summed E-state index contributed by atoms with van der Waals surface area (Å²) in [7, 11) is 1.70. The lowest BCUT2D eigenvalue weighted by atomic mass is 9.96. The molecule has 0 spiro atoms. The molecule has 0 bridgehead atoms. The van der Waals surface area contributed by atoms with E-state index < -0.39 is 0 Å². The van der Waals surface area contributed by atoms with Crippen LogP contribution in [0.1, 0.15) is 30.9 Å². The van der Waals surface area contributed by atoms with Gasteiger partial charge in [-0.1, -0.05) is 48.5 Å². The van der Waals surface area contributed by atoms with Gasteiger partial charge in [0.25, 0.3) is 0 Å². The molecule has 2 unspecified atom stereocenters. The van der Waals surface area contributed by atoms with Crippen LogP contribution in [0.2, 0.25) is 0 Å². The van der Waals surface area contributed by atoms with Gasteiger partial charge in [-0.2, -0.15) is 0 Å². The topological polar surface area (TPSA) is 41.6 Å². The second-order valence-electron chi connectivity index (χ2n) is 7.36. The van der Waals surface area contributed by atoms with E-state index in [1.807, 2.05) is 36.4 Å². The van der Waals surface area contributed by atoms with Crippen molar-refractivity contribution in [2.45, 2.75) is 38.8 Å². The molecule has 2 aromatic carbocycles. The van der Waals surface area contributed by atoms with Gasteiger partial charge >= 0.3 is 0 Å². The zero-order valence-electron chi connectivity index (χ0n) is 16.8. The average Bonchev–Trinajstić information content (AvgIpc) is 2.73. The fourth-order valence-corrected chi connectivity index (χ4v) is 3.83. The summed E-state index contributed by atoms with van der Waals surface area (Å²) in [5, 5.41) is 3.37. The van der Waals surface area contributed by atoms with E-state index in [0.717, 1.165) is 43.7 Å². The molecule has 1 N–H and O–H groups in total. The SMILES string of the molecule is COc1ccccc1CC(C)N(Cc1ccccc1)C(=O)C1CCCNC1.Cl. The Balaban J connectivity index is 0.00000280. The van der Waals surface area contributed by atoms with Crippen molar-refractivity contribution < 1.29 is 9.53 Å². The number of carbonyl (C=O) groups is 1. The minimum absolute atomic E-state index is 0. The third-order valence-electron chi connectivity index (χ3n) is 5.36. The van der Waals surface area contributed by atoms with Crippen LogP contribution in [-0.4, -0.2) is 37.0 Å². The van der Waals surface area contributed by atoms with Gasteiger partial charge in [0.2, 0.25) is 5.91 Å². The van der Waals surface area contributed by atoms with Gasteiger partial charge in [0, 0.05) is 19.1 Å². The van der Waals surface area contributed by atoms with E-state index in [1.54, 1.807) is 7.11 Å². The first-order chi connectivity index (χ1) is 13.2. The first-order valence-corrected chi connectivity index (χ1v) is 9.86. The Kier molecular flexibility index (Phi) is 8.81. The van der Waals surface area contributed by atoms with E-state index in [4.69, 9.17) is 4.74 Å². The first kappa shape index (κ1) is 22.3. The average molecular weight is 403 g/mol. The van der Waals surface area contributed by atoms with E-state index in [0.29, 0.717) is 6.54 Å². The molecule has 1 fully saturated rings. The van der Waals surface area contributed by atoms with Crippen LogP contribution in [0.5, 0.6) is 5.75 Å². The summed E-state index contributed by atoms with van der Waals surface area (Å²) in [6.07, 6.45) is 2.82. The molecule has 1 aliphatic rings. The maximum Gasteiger partial charge on any atom is 0.227 e. The molecule has 1 heterocycles. The van der Waals surface area contributed by atoms with Crippen LogP contribution in [0.4, 0.5) is 0 Å². The first-order valence-electron chi connectivity index (χ1n) is 9.86. The van der Waals surface area contributed by atoms with Gasteiger partial charge in [0.05, 0.1) is 13.0 Å². The van der Waals surface area contributed by atoms with Gasteiger partial charge in [-0.05, 0) is 49.9 Å². The molecule has 4 nitrogen and oxygen atoms in total. The Morgan fingerprint density at radius 2 is 1.89 bits per heavy atom. The number of amides is 1. The van der Waals surface area contributed by atoms with Crippen LogP contribution in [0.15, 0.2) is 54.6 Å². The van der Waals surface area contributed by atoms with Crippen LogP contribution in [0.3, 0.4) is 0 Å². The fraction of sp³-hybridized carbons (Fsp3) is 0.435. The lowest BCUT2D eigenvalue weighted by Gasteiger charge is -2.34. The van der Waals surface area contributed by atoms with E-state index in [2.05, 4.69) is 35.3 Å². The molecule has 0 aromatic heterocycles. The molecule has 3 rings (SSSR count). The Morgan fingerprint density at radius 1 is 1.18 bits per heavy atom. The highest BCUT2D eigenvalue weighted by atomic mass is 35.5. The number of piperidine rings is 1. The lowest BCUT2D eigenvalue weighted by molar-refractivity contribution is -0.138. The Morgan fingerprint density at radius 3 is 2.57 bits per heavy atom. The molecule has 0 aliphatic carbocycles. The van der Waals surface area contributed by atoms with Crippen molar-refractivity contribution in [1.82, 2.24) is 10.2 Å². The maximum absolute atomic E-state index is 13.3. The summed E-state index contributed by atoms with van der Waals surface area (Å²) in [6, 6.07) is 18.4. The minimum Gasteiger partial charge on any atom is -0.496 e. The normalized spacial score (nSPS) is 17.3. The fourth-order valence-electron chi connectivity index (χ4n) is 3.83. The number of carbonyl (C=O) groups excluding carboxylic acids is 1. The summed E-state index contributed by atoms with van der Waals surface area (Å²) in [4.78, 5) is 15.4. The number of ether oxygens (including phenoxy) is 1. The van der Waals surface area contributed by atoms with Crippen LogP contribution < -0.4 is 10.1 Å². The Hall–Kier alpha value is -2.04. The van der Waals surface area contributed by atoms with Crippen molar-refractivity contribution in [2.24, 2.45) is 5.92 Å². The number of methoxy groups -OCH3 is 1. The summed E-state index contributed by atoms with van der Waals surface area (Å²) < 4.78 is 5.51. The van der Waals surface area contributed by atoms with Gasteiger partial charge in [-0.15, -0.1) is 12.4 Å². The van der Waals surface area contributed by atoms with E-state index in [-0.39, 0.29) is 30.3 Å². The molecule has 1 aliphatic heterocycles. The molecule has 2 atom stereocenters. The highest BCUT2D eigenvalue weighted by Gasteiger charge is 2.29. The van der Waals surface area contributed by atoms with Crippen molar-refractivity contribution in [2.75, 3.05) is 20.2 Å². The molecule has 0 radical (unpaired) electrons. The lowest BCUT2D eigenvalue weighted by Crippen LogP contribution is -2.46. The molecule has 28 heavy (non-hydrogen) atoms. The van der Waals surface area contributed by atoms with Gasteiger partial charge < -0.3 is 15.0 Å². The largest absolute Gasteiger partial charge is 0.496 e. The zero-order chi connectivity index (χ0) is 19.1. The monoisotopic (exact) mass is 402 g/mol. The minimum atomic E-state index is 0. The molecule has 5 heteroatoms. The predicted molar refractivity (Wildman–Crippen MR) is 116 cm³/mol. The molecule has 1 amide bonds. The summed E-state index contributed by atoms with van der Waals surface area (Å²) in [5.74, 6) is 1.21. The number of halogens is 1. The number of hydrogen-bond donors (Lipinski definition) is 1. The van der Waals surface area contributed by atoms with Crippen molar-refractivity contribution in [1.29, 1.82) is 0 Å². The summed E-state index contributed by atoms with van der Waals surface area (Å²) in [6.45, 7) is 4.58. The van der Waals surface area contributed by atoms with Crippen LogP contribution in [-0.2, 0) is 17.8 Å². The molecule has 0 saturated carbocycles. The van der Waals surface area contributed by atoms with Crippen LogP contribution >= 0.6 is 12.4 Å². The Labute approximate surface area is 174 Å². The third kappa shape index (κ3) is 5.73. The zero-order valence-corrected chi connectivity index (χ0v) is 17.6. The van der Waals surface area contributed by atoms with Gasteiger partial charge in [0.1, 0.15) is 5.75 Å². The number of nitrogens with zero attached hydrogens (tertiary/aromatic N) is 1. The van der Waals surface area contributed by atoms with Crippen LogP contribution in [0.25, 0.3) is 0 Å². The highest BCUT2D eigenvalue weighted by molar-refractivity contribution is 5.85. The van der Waals surface area contributed by atoms with Crippen molar-refractivity contribution >= 4 is 18.3 Å². The van der Waals surface area contributed by atoms with E-state index in [9.17, 15) is 4.79 Å². The molecular formula is C23H31ClN2O2. The maximum atomic E-state index is 13.3.